The average molecular weight is 518 g/mol. The van der Waals surface area contributed by atoms with E-state index in [0.717, 1.165) is 0 Å². The predicted octanol–water partition coefficient (Wildman–Crippen LogP) is 4.01. The number of non-ortho nitro benzene ring substituents is 1. The number of phenols is 1. The molecule has 0 fully saturated rings. The highest BCUT2D eigenvalue weighted by molar-refractivity contribution is 5.87. The van der Waals surface area contributed by atoms with Gasteiger partial charge in [0, 0.05) is 11.6 Å². The highest BCUT2D eigenvalue weighted by Crippen LogP contribution is 2.47. The van der Waals surface area contributed by atoms with Gasteiger partial charge in [0.05, 0.1) is 43.7 Å². The van der Waals surface area contributed by atoms with E-state index in [0.29, 0.717) is 12.1 Å². The van der Waals surface area contributed by atoms with Crippen molar-refractivity contribution in [3.05, 3.63) is 118 Å². The molecule has 0 aliphatic heterocycles. The van der Waals surface area contributed by atoms with Crippen LogP contribution in [-0.2, 0) is 0 Å². The Labute approximate surface area is 209 Å². The first-order valence-electron chi connectivity index (χ1n) is 10.7. The van der Waals surface area contributed by atoms with Crippen molar-refractivity contribution in [2.24, 2.45) is 0 Å². The summed E-state index contributed by atoms with van der Waals surface area (Å²) >= 11 is 0. The Morgan fingerprint density at radius 2 is 1.16 bits per heavy atom. The number of para-hydroxylation sites is 2. The maximum absolute atomic E-state index is 13.2. The van der Waals surface area contributed by atoms with Gasteiger partial charge in [-0.05, 0) is 24.3 Å². The molecule has 2 heterocycles. The Hall–Kier alpha value is -5.72. The Balaban J connectivity index is 1.99. The SMILES string of the molecule is O=c1oc2ccccc2c(O)c1C(c1cc([N+](=O)[O-])cc([N+](=O)[O-])c1O)c1c(O)c2ccccc2oc1=O. The van der Waals surface area contributed by atoms with Crippen LogP contribution in [0.3, 0.4) is 0 Å². The second kappa shape index (κ2) is 8.74. The number of fused-ring (bicyclic) bond motifs is 2. The van der Waals surface area contributed by atoms with E-state index in [1.807, 2.05) is 0 Å². The zero-order valence-corrected chi connectivity index (χ0v) is 18.9. The van der Waals surface area contributed by atoms with Crippen molar-refractivity contribution in [1.82, 2.24) is 0 Å². The molecule has 5 rings (SSSR count). The Morgan fingerprint density at radius 3 is 1.61 bits per heavy atom. The second-order valence-electron chi connectivity index (χ2n) is 8.15. The van der Waals surface area contributed by atoms with Gasteiger partial charge in [-0.3, -0.25) is 20.2 Å². The van der Waals surface area contributed by atoms with Crippen molar-refractivity contribution < 1.29 is 34.0 Å². The standard InChI is InChI=1S/C25H14N2O11/c28-21-14(9-11(26(33)34)10-15(21)27(35)36)18(19-22(29)12-5-1-3-7-16(12)37-24(19)31)20-23(30)13-6-2-4-8-17(13)38-25(20)32/h1-10,18,28-30H. The van der Waals surface area contributed by atoms with Crippen molar-refractivity contribution in [2.45, 2.75) is 5.92 Å². The van der Waals surface area contributed by atoms with Gasteiger partial charge in [0.25, 0.3) is 5.69 Å². The highest BCUT2D eigenvalue weighted by atomic mass is 16.6. The van der Waals surface area contributed by atoms with E-state index in [1.165, 1.54) is 48.5 Å². The average Bonchev–Trinajstić information content (AvgIpc) is 2.87. The van der Waals surface area contributed by atoms with E-state index in [-0.39, 0.29) is 21.9 Å². The molecule has 0 amide bonds. The third kappa shape index (κ3) is 3.65. The number of benzene rings is 3. The minimum atomic E-state index is -2.00. The molecule has 3 N–H and O–H groups in total. The van der Waals surface area contributed by atoms with Crippen molar-refractivity contribution in [2.75, 3.05) is 0 Å². The minimum Gasteiger partial charge on any atom is -0.507 e. The smallest absolute Gasteiger partial charge is 0.344 e. The zero-order chi connectivity index (χ0) is 27.3. The molecule has 0 aliphatic rings. The molecule has 5 aromatic rings. The summed E-state index contributed by atoms with van der Waals surface area (Å²) in [6.45, 7) is 0. The molecule has 0 saturated carbocycles. The highest BCUT2D eigenvalue weighted by Gasteiger charge is 2.37. The zero-order valence-electron chi connectivity index (χ0n) is 18.9. The van der Waals surface area contributed by atoms with Crippen LogP contribution in [0.1, 0.15) is 22.6 Å². The van der Waals surface area contributed by atoms with Crippen LogP contribution in [0.4, 0.5) is 11.4 Å². The number of aromatic hydroxyl groups is 3. The van der Waals surface area contributed by atoms with Crippen LogP contribution in [-0.4, -0.2) is 25.2 Å². The molecule has 0 spiro atoms. The molecule has 0 saturated heterocycles. The van der Waals surface area contributed by atoms with Gasteiger partial charge in [-0.15, -0.1) is 0 Å². The second-order valence-corrected chi connectivity index (χ2v) is 8.15. The Kier molecular flexibility index (Phi) is 5.52. The van der Waals surface area contributed by atoms with Gasteiger partial charge in [-0.1, -0.05) is 24.3 Å². The first-order valence-corrected chi connectivity index (χ1v) is 10.7. The fourth-order valence-corrected chi connectivity index (χ4v) is 4.35. The summed E-state index contributed by atoms with van der Waals surface area (Å²) in [5, 5.41) is 56.3. The summed E-state index contributed by atoms with van der Waals surface area (Å²) < 4.78 is 10.6. The quantitative estimate of drug-likeness (QED) is 0.172. The lowest BCUT2D eigenvalue weighted by atomic mass is 9.83. The molecule has 0 unspecified atom stereocenters. The van der Waals surface area contributed by atoms with Crippen molar-refractivity contribution in [3.8, 4) is 17.2 Å². The molecule has 0 radical (unpaired) electrons. The van der Waals surface area contributed by atoms with Crippen LogP contribution in [0, 0.1) is 20.2 Å². The van der Waals surface area contributed by atoms with Gasteiger partial charge in [-0.2, -0.15) is 0 Å². The molecular weight excluding hydrogens is 504 g/mol. The number of hydrogen-bond acceptors (Lipinski definition) is 11. The number of phenolic OH excluding ortho intramolecular Hbond substituents is 1. The largest absolute Gasteiger partial charge is 0.507 e. The van der Waals surface area contributed by atoms with E-state index in [1.54, 1.807) is 0 Å². The monoisotopic (exact) mass is 518 g/mol. The Bertz CT molecular complexity index is 1820. The van der Waals surface area contributed by atoms with Crippen molar-refractivity contribution in [3.63, 3.8) is 0 Å². The summed E-state index contributed by atoms with van der Waals surface area (Å²) in [6, 6.07) is 12.7. The van der Waals surface area contributed by atoms with Gasteiger partial charge in [0.15, 0.2) is 5.75 Å². The maximum Gasteiger partial charge on any atom is 0.344 e. The number of hydrogen-bond donors (Lipinski definition) is 3. The third-order valence-corrected chi connectivity index (χ3v) is 6.04. The maximum atomic E-state index is 13.2. The molecule has 0 bridgehead atoms. The Morgan fingerprint density at radius 1 is 0.684 bits per heavy atom. The summed E-state index contributed by atoms with van der Waals surface area (Å²) in [4.78, 5) is 47.5. The predicted molar refractivity (Wildman–Crippen MR) is 131 cm³/mol. The number of nitrogens with zero attached hydrogens (tertiary/aromatic N) is 2. The summed E-state index contributed by atoms with van der Waals surface area (Å²) in [5.74, 6) is -4.65. The minimum absolute atomic E-state index is 0.0174. The molecule has 13 nitrogen and oxygen atoms in total. The van der Waals surface area contributed by atoms with Gasteiger partial charge < -0.3 is 24.2 Å². The summed E-state index contributed by atoms with van der Waals surface area (Å²) in [6.07, 6.45) is 0. The normalized spacial score (nSPS) is 11.3. The fraction of sp³-hybridized carbons (Fsp3) is 0.0400. The lowest BCUT2D eigenvalue weighted by Crippen LogP contribution is -2.21. The molecule has 3 aromatic carbocycles. The van der Waals surface area contributed by atoms with Crippen LogP contribution in [0.5, 0.6) is 17.2 Å². The molecule has 0 aliphatic carbocycles. The molecule has 190 valence electrons. The first-order chi connectivity index (χ1) is 18.1. The number of rotatable bonds is 5. The van der Waals surface area contributed by atoms with Crippen LogP contribution in [0.15, 0.2) is 79.1 Å². The number of nitro groups is 2. The lowest BCUT2D eigenvalue weighted by Gasteiger charge is -2.20. The third-order valence-electron chi connectivity index (χ3n) is 6.04. The summed E-state index contributed by atoms with van der Waals surface area (Å²) in [7, 11) is 0. The van der Waals surface area contributed by atoms with Crippen LogP contribution in [0.2, 0.25) is 0 Å². The first kappa shape index (κ1) is 24.0. The topological polar surface area (TPSA) is 207 Å². The molecular formula is C25H14N2O11. The van der Waals surface area contributed by atoms with E-state index >= 15 is 0 Å². The molecule has 13 heteroatoms. The molecule has 0 atom stereocenters. The van der Waals surface area contributed by atoms with Crippen LogP contribution < -0.4 is 11.3 Å². The summed E-state index contributed by atoms with van der Waals surface area (Å²) in [5.41, 5.74) is -6.75. The molecule has 2 aromatic heterocycles. The van der Waals surface area contributed by atoms with Crippen LogP contribution >= 0.6 is 0 Å². The van der Waals surface area contributed by atoms with E-state index in [9.17, 15) is 45.1 Å². The van der Waals surface area contributed by atoms with Gasteiger partial charge in [-0.25, -0.2) is 9.59 Å². The van der Waals surface area contributed by atoms with Crippen molar-refractivity contribution >= 4 is 33.3 Å². The molecule has 38 heavy (non-hydrogen) atoms. The van der Waals surface area contributed by atoms with Crippen molar-refractivity contribution in [1.29, 1.82) is 0 Å². The lowest BCUT2D eigenvalue weighted by molar-refractivity contribution is -0.394. The fourth-order valence-electron chi connectivity index (χ4n) is 4.35. The van der Waals surface area contributed by atoms with E-state index in [2.05, 4.69) is 0 Å². The number of nitro benzene ring substituents is 2. The van der Waals surface area contributed by atoms with Gasteiger partial charge in [0.1, 0.15) is 22.7 Å². The van der Waals surface area contributed by atoms with Crippen LogP contribution in [0.25, 0.3) is 21.9 Å². The van der Waals surface area contributed by atoms with E-state index in [4.69, 9.17) is 8.83 Å². The van der Waals surface area contributed by atoms with Gasteiger partial charge in [0.2, 0.25) is 0 Å². The van der Waals surface area contributed by atoms with E-state index < -0.39 is 72.3 Å². The van der Waals surface area contributed by atoms with Gasteiger partial charge >= 0.3 is 16.9 Å².